The highest BCUT2D eigenvalue weighted by atomic mass is 35.5. The molecule has 0 aliphatic heterocycles. The molecule has 1 N–H and O–H groups in total. The number of halogens is 1. The smallest absolute Gasteiger partial charge is 0.283 e. The summed E-state index contributed by atoms with van der Waals surface area (Å²) < 4.78 is 34.5. The van der Waals surface area contributed by atoms with E-state index < -0.39 is 15.9 Å². The molecule has 3 aromatic rings. The minimum absolute atomic E-state index is 0.0222. The number of unbranched alkanes of at least 4 members (excludes halogenated alkanes) is 1. The van der Waals surface area contributed by atoms with Crippen molar-refractivity contribution in [1.29, 1.82) is 0 Å². The average Bonchev–Trinajstić information content (AvgIpc) is 3.24. The molecule has 0 radical (unpaired) electrons. The Hall–Kier alpha value is -2.65. The van der Waals surface area contributed by atoms with Gasteiger partial charge in [0.25, 0.3) is 5.91 Å². The Morgan fingerprint density at radius 2 is 1.92 bits per heavy atom. The third kappa shape index (κ3) is 7.02. The predicted molar refractivity (Wildman–Crippen MR) is 146 cm³/mol. The molecule has 2 aromatic heterocycles. The predicted octanol–water partition coefficient (Wildman–Crippen LogP) is 5.51. The molecule has 0 unspecified atom stereocenters. The molecule has 1 aliphatic carbocycles. The van der Waals surface area contributed by atoms with Crippen LogP contribution in [0.5, 0.6) is 5.75 Å². The number of carbonyl (C=O) groups is 1. The first-order chi connectivity index (χ1) is 17.8. The number of benzene rings is 1. The van der Waals surface area contributed by atoms with E-state index in [1.807, 2.05) is 36.6 Å². The third-order valence-corrected chi connectivity index (χ3v) is 8.47. The van der Waals surface area contributed by atoms with Gasteiger partial charge in [0.1, 0.15) is 22.8 Å². The molecule has 1 amide bonds. The zero-order valence-electron chi connectivity index (χ0n) is 21.5. The molecular weight excluding hydrogens is 512 g/mol. The quantitative estimate of drug-likeness (QED) is 0.340. The van der Waals surface area contributed by atoms with Gasteiger partial charge in [-0.15, -0.1) is 0 Å². The summed E-state index contributed by atoms with van der Waals surface area (Å²) in [7, 11) is -3.72. The van der Waals surface area contributed by atoms with Crippen LogP contribution in [-0.2, 0) is 23.0 Å². The molecule has 10 heteroatoms. The van der Waals surface area contributed by atoms with Crippen LogP contribution in [0.3, 0.4) is 0 Å². The van der Waals surface area contributed by atoms with Gasteiger partial charge < -0.3 is 9.30 Å². The number of amides is 1. The van der Waals surface area contributed by atoms with E-state index in [2.05, 4.69) is 14.7 Å². The Balaban J connectivity index is 1.53. The highest BCUT2D eigenvalue weighted by molar-refractivity contribution is 7.90. The van der Waals surface area contributed by atoms with Gasteiger partial charge in [-0.2, -0.15) is 0 Å². The molecule has 0 saturated heterocycles. The summed E-state index contributed by atoms with van der Waals surface area (Å²) in [4.78, 5) is 21.8. The van der Waals surface area contributed by atoms with Crippen LogP contribution >= 0.6 is 11.6 Å². The molecule has 1 saturated carbocycles. The zero-order valence-corrected chi connectivity index (χ0v) is 23.1. The molecule has 1 aliphatic rings. The van der Waals surface area contributed by atoms with Gasteiger partial charge in [-0.1, -0.05) is 57.2 Å². The van der Waals surface area contributed by atoms with Crippen molar-refractivity contribution in [2.45, 2.75) is 71.8 Å². The molecule has 8 nitrogen and oxygen atoms in total. The molecule has 2 heterocycles. The first kappa shape index (κ1) is 27.4. The Bertz CT molecular complexity index is 1350. The van der Waals surface area contributed by atoms with Crippen molar-refractivity contribution in [3.8, 4) is 5.75 Å². The number of sulfonamides is 1. The Morgan fingerprint density at radius 3 is 2.62 bits per heavy atom. The van der Waals surface area contributed by atoms with Crippen LogP contribution in [0.2, 0.25) is 5.02 Å². The van der Waals surface area contributed by atoms with Gasteiger partial charge in [-0.05, 0) is 55.0 Å². The highest BCUT2D eigenvalue weighted by Crippen LogP contribution is 2.28. The van der Waals surface area contributed by atoms with Crippen molar-refractivity contribution in [2.75, 3.05) is 12.4 Å². The van der Waals surface area contributed by atoms with E-state index in [4.69, 9.17) is 16.3 Å². The minimum Gasteiger partial charge on any atom is -0.493 e. The van der Waals surface area contributed by atoms with E-state index in [0.717, 1.165) is 17.1 Å². The second-order valence-electron chi connectivity index (χ2n) is 9.68. The van der Waals surface area contributed by atoms with Gasteiger partial charge in [-0.3, -0.25) is 4.79 Å². The first-order valence-corrected chi connectivity index (χ1v) is 15.1. The molecule has 1 fully saturated rings. The number of hydrogen-bond acceptors (Lipinski definition) is 6. The highest BCUT2D eigenvalue weighted by Gasteiger charge is 2.20. The van der Waals surface area contributed by atoms with E-state index in [-0.39, 0.29) is 11.4 Å². The van der Waals surface area contributed by atoms with Crippen molar-refractivity contribution in [3.05, 3.63) is 52.4 Å². The fraction of sp³-hybridized carbons (Fsp3) is 0.519. The first-order valence-electron chi connectivity index (χ1n) is 13.1. The van der Waals surface area contributed by atoms with Crippen molar-refractivity contribution < 1.29 is 17.9 Å². The van der Waals surface area contributed by atoms with E-state index >= 15 is 0 Å². The lowest BCUT2D eigenvalue weighted by molar-refractivity contribution is 0.0977. The van der Waals surface area contributed by atoms with Crippen LogP contribution in [-0.4, -0.2) is 41.2 Å². The number of hydrogen-bond donors (Lipinski definition) is 1. The number of ether oxygens (including phenoxy) is 1. The average molecular weight is 547 g/mol. The van der Waals surface area contributed by atoms with Crippen LogP contribution in [0.25, 0.3) is 11.2 Å². The normalized spacial score (nSPS) is 14.7. The van der Waals surface area contributed by atoms with E-state index in [1.54, 1.807) is 6.07 Å². The van der Waals surface area contributed by atoms with Crippen molar-refractivity contribution in [3.63, 3.8) is 0 Å². The van der Waals surface area contributed by atoms with Gasteiger partial charge in [0.05, 0.1) is 18.9 Å². The molecule has 0 bridgehead atoms. The van der Waals surface area contributed by atoms with Crippen molar-refractivity contribution >= 4 is 38.7 Å². The summed E-state index contributed by atoms with van der Waals surface area (Å²) in [6, 6.07) is 8.91. The Kier molecular flexibility index (Phi) is 9.08. The minimum atomic E-state index is -3.72. The van der Waals surface area contributed by atoms with Crippen LogP contribution < -0.4 is 9.46 Å². The van der Waals surface area contributed by atoms with Crippen LogP contribution in [0.15, 0.2) is 30.3 Å². The molecule has 200 valence electrons. The van der Waals surface area contributed by atoms with E-state index in [0.29, 0.717) is 54.5 Å². The topological polar surface area (TPSA) is 103 Å². The molecule has 37 heavy (non-hydrogen) atoms. The summed E-state index contributed by atoms with van der Waals surface area (Å²) in [6.07, 6.45) is 8.16. The number of rotatable bonds is 11. The van der Waals surface area contributed by atoms with Crippen molar-refractivity contribution in [2.24, 2.45) is 5.92 Å². The second-order valence-corrected chi connectivity index (χ2v) is 11.9. The molecule has 4 rings (SSSR count). The molecular formula is C27H35ClN4O4S. The lowest BCUT2D eigenvalue weighted by Gasteiger charge is -2.21. The van der Waals surface area contributed by atoms with Crippen LogP contribution in [0, 0.1) is 5.92 Å². The fourth-order valence-corrected chi connectivity index (χ4v) is 6.06. The number of imidazole rings is 1. The number of aromatic nitrogens is 3. The zero-order chi connectivity index (χ0) is 26.4. The maximum absolute atomic E-state index is 12.7. The SMILES string of the molecule is CCCCS(=O)(=O)NC(=O)c1ccc2nc(CC)n(Cc3ccc(OCC4CCCCC4)cc3Cl)c2n1. The lowest BCUT2D eigenvalue weighted by atomic mass is 9.90. The maximum atomic E-state index is 12.7. The number of pyridine rings is 1. The maximum Gasteiger partial charge on any atom is 0.283 e. The third-order valence-electron chi connectivity index (χ3n) is 6.80. The summed E-state index contributed by atoms with van der Waals surface area (Å²) in [6.45, 7) is 5.01. The molecule has 1 aromatic carbocycles. The summed E-state index contributed by atoms with van der Waals surface area (Å²) in [5.74, 6) is 1.31. The van der Waals surface area contributed by atoms with Gasteiger partial charge >= 0.3 is 0 Å². The number of nitrogens with one attached hydrogen (secondary N) is 1. The summed E-state index contributed by atoms with van der Waals surface area (Å²) in [5, 5.41) is 0.584. The Morgan fingerprint density at radius 1 is 1.14 bits per heavy atom. The van der Waals surface area contributed by atoms with E-state index in [9.17, 15) is 13.2 Å². The number of fused-ring (bicyclic) bond motifs is 1. The van der Waals surface area contributed by atoms with Crippen LogP contribution in [0.4, 0.5) is 0 Å². The molecule has 0 atom stereocenters. The fourth-order valence-electron chi connectivity index (χ4n) is 4.67. The second kappa shape index (κ2) is 12.3. The number of aryl methyl sites for hydroxylation is 1. The monoisotopic (exact) mass is 546 g/mol. The van der Waals surface area contributed by atoms with Gasteiger partial charge in [0, 0.05) is 11.4 Å². The summed E-state index contributed by atoms with van der Waals surface area (Å²) >= 11 is 6.65. The largest absolute Gasteiger partial charge is 0.493 e. The lowest BCUT2D eigenvalue weighted by Crippen LogP contribution is -2.33. The molecule has 0 spiro atoms. The number of nitrogens with zero attached hydrogens (tertiary/aromatic N) is 3. The van der Waals surface area contributed by atoms with E-state index in [1.165, 1.54) is 38.2 Å². The van der Waals surface area contributed by atoms with Gasteiger partial charge in [-0.25, -0.2) is 23.1 Å². The summed E-state index contributed by atoms with van der Waals surface area (Å²) in [5.41, 5.74) is 2.03. The van der Waals surface area contributed by atoms with Crippen molar-refractivity contribution in [1.82, 2.24) is 19.3 Å². The van der Waals surface area contributed by atoms with Gasteiger partial charge in [0.2, 0.25) is 10.0 Å². The number of carbonyl (C=O) groups excluding carboxylic acids is 1. The standard InChI is InChI=1S/C27H35ClN4O4S/c1-3-5-15-37(34,35)31-27(33)24-14-13-23-26(30-24)32(25(4-2)29-23)17-20-11-12-21(16-22(20)28)36-18-19-9-7-6-8-10-19/h11-14,16,19H,3-10,15,17-18H2,1-2H3,(H,31,33). The van der Waals surface area contributed by atoms with Crippen LogP contribution in [0.1, 0.15) is 80.7 Å². The Labute approximate surface area is 223 Å². The van der Waals surface area contributed by atoms with Gasteiger partial charge in [0.15, 0.2) is 5.65 Å².